The van der Waals surface area contributed by atoms with E-state index in [-0.39, 0.29) is 18.1 Å². The fourth-order valence-corrected chi connectivity index (χ4v) is 3.26. The molecule has 1 amide bonds. The lowest BCUT2D eigenvalue weighted by Gasteiger charge is -2.39. The van der Waals surface area contributed by atoms with Crippen molar-refractivity contribution in [2.45, 2.75) is 31.4 Å². The van der Waals surface area contributed by atoms with Crippen molar-refractivity contribution in [1.82, 2.24) is 9.88 Å². The molecule has 2 aromatic rings. The van der Waals surface area contributed by atoms with Crippen LogP contribution in [0.4, 0.5) is 10.2 Å². The first-order valence-corrected chi connectivity index (χ1v) is 8.47. The first-order valence-electron chi connectivity index (χ1n) is 8.47. The van der Waals surface area contributed by atoms with Gasteiger partial charge < -0.3 is 15.3 Å². The van der Waals surface area contributed by atoms with Crippen LogP contribution in [-0.4, -0.2) is 46.6 Å². The smallest absolute Gasteiger partial charge is 0.272 e. The number of likely N-dealkylation sites (tertiary alicyclic amines) is 1. The highest BCUT2D eigenvalue weighted by Crippen LogP contribution is 2.24. The second kappa shape index (κ2) is 7.61. The summed E-state index contributed by atoms with van der Waals surface area (Å²) in [6.45, 7) is 0.528. The number of nitrogens with one attached hydrogen (secondary N) is 1. The Morgan fingerprint density at radius 3 is 2.88 bits per heavy atom. The molecule has 1 aliphatic heterocycles. The fraction of sp³-hybridized carbons (Fsp3) is 0.368. The van der Waals surface area contributed by atoms with Crippen molar-refractivity contribution in [1.29, 1.82) is 0 Å². The van der Waals surface area contributed by atoms with E-state index in [1.54, 1.807) is 48.3 Å². The molecule has 3 rings (SSSR count). The predicted molar refractivity (Wildman–Crippen MR) is 94.0 cm³/mol. The molecule has 1 saturated heterocycles. The number of aliphatic hydroxyl groups excluding tert-OH is 1. The van der Waals surface area contributed by atoms with Crippen LogP contribution in [0.2, 0.25) is 0 Å². The lowest BCUT2D eigenvalue weighted by molar-refractivity contribution is 0.0112. The molecular weight excluding hydrogens is 321 g/mol. The number of aliphatic hydroxyl groups is 1. The van der Waals surface area contributed by atoms with E-state index in [9.17, 15) is 14.3 Å². The van der Waals surface area contributed by atoms with E-state index < -0.39 is 12.1 Å². The lowest BCUT2D eigenvalue weighted by Crippen LogP contribution is -2.52. The summed E-state index contributed by atoms with van der Waals surface area (Å²) in [6, 6.07) is 11.2. The Hall–Kier alpha value is -2.47. The fourth-order valence-electron chi connectivity index (χ4n) is 3.26. The number of carbonyl (C=O) groups excluding carboxylic acids is 1. The molecule has 6 heteroatoms. The van der Waals surface area contributed by atoms with Crippen LogP contribution in [0.15, 0.2) is 42.5 Å². The zero-order valence-corrected chi connectivity index (χ0v) is 14.2. The number of carbonyl (C=O) groups is 1. The Balaban J connectivity index is 1.86. The van der Waals surface area contributed by atoms with Gasteiger partial charge in [-0.3, -0.25) is 4.79 Å². The SMILES string of the molecule is CNc1cccc(C(=O)N2CCC[C@H](O)[C@@H]2Cc2ccccc2F)n1. The zero-order valence-electron chi connectivity index (χ0n) is 14.2. The number of hydrogen-bond acceptors (Lipinski definition) is 4. The predicted octanol–water partition coefficient (Wildman–Crippen LogP) is 2.47. The number of amides is 1. The van der Waals surface area contributed by atoms with Gasteiger partial charge in [0.1, 0.15) is 17.3 Å². The monoisotopic (exact) mass is 343 g/mol. The number of pyridine rings is 1. The third-order valence-corrected chi connectivity index (χ3v) is 4.62. The van der Waals surface area contributed by atoms with E-state index in [0.29, 0.717) is 36.5 Å². The standard InChI is InChI=1S/C19H22FN3O2/c1-21-18-10-4-8-15(22-18)19(25)23-11-5-9-17(24)16(23)12-13-6-2-3-7-14(13)20/h2-4,6-8,10,16-17,24H,5,9,11-12H2,1H3,(H,21,22)/t16-,17-/m0/s1. The van der Waals surface area contributed by atoms with Gasteiger partial charge in [0.25, 0.3) is 5.91 Å². The van der Waals surface area contributed by atoms with E-state index in [2.05, 4.69) is 10.3 Å². The van der Waals surface area contributed by atoms with Crippen molar-refractivity contribution in [3.8, 4) is 0 Å². The summed E-state index contributed by atoms with van der Waals surface area (Å²) in [5, 5.41) is 13.4. The van der Waals surface area contributed by atoms with Crippen LogP contribution in [0.25, 0.3) is 0 Å². The van der Waals surface area contributed by atoms with Crippen LogP contribution in [0.1, 0.15) is 28.9 Å². The Morgan fingerprint density at radius 2 is 2.12 bits per heavy atom. The van der Waals surface area contributed by atoms with Gasteiger partial charge in [0, 0.05) is 13.6 Å². The molecule has 2 N–H and O–H groups in total. The van der Waals surface area contributed by atoms with Crippen molar-refractivity contribution in [2.75, 3.05) is 18.9 Å². The first kappa shape index (κ1) is 17.4. The van der Waals surface area contributed by atoms with Crippen LogP contribution in [0.3, 0.4) is 0 Å². The number of anilines is 1. The molecule has 1 aromatic carbocycles. The van der Waals surface area contributed by atoms with Crippen LogP contribution >= 0.6 is 0 Å². The molecule has 0 radical (unpaired) electrons. The minimum absolute atomic E-state index is 0.239. The number of rotatable bonds is 4. The zero-order chi connectivity index (χ0) is 17.8. The van der Waals surface area contributed by atoms with Crippen molar-refractivity contribution in [3.63, 3.8) is 0 Å². The maximum Gasteiger partial charge on any atom is 0.272 e. The molecule has 0 spiro atoms. The summed E-state index contributed by atoms with van der Waals surface area (Å²) in [4.78, 5) is 18.8. The molecule has 5 nitrogen and oxygen atoms in total. The summed E-state index contributed by atoms with van der Waals surface area (Å²) in [5.74, 6) is 0.0502. The highest BCUT2D eigenvalue weighted by molar-refractivity contribution is 5.93. The van der Waals surface area contributed by atoms with Crippen LogP contribution in [-0.2, 0) is 6.42 Å². The molecule has 2 atom stereocenters. The third-order valence-electron chi connectivity index (χ3n) is 4.62. The van der Waals surface area contributed by atoms with E-state index in [1.807, 2.05) is 0 Å². The average Bonchev–Trinajstić information content (AvgIpc) is 2.64. The summed E-state index contributed by atoms with van der Waals surface area (Å²) < 4.78 is 14.0. The number of halogens is 1. The molecular formula is C19H22FN3O2. The molecule has 0 saturated carbocycles. The van der Waals surface area contributed by atoms with E-state index >= 15 is 0 Å². The molecule has 25 heavy (non-hydrogen) atoms. The molecule has 1 aromatic heterocycles. The van der Waals surface area contributed by atoms with Crippen LogP contribution in [0, 0.1) is 5.82 Å². The van der Waals surface area contributed by atoms with Crippen LogP contribution in [0.5, 0.6) is 0 Å². The van der Waals surface area contributed by atoms with Gasteiger partial charge in [0.2, 0.25) is 0 Å². The Labute approximate surface area is 146 Å². The third kappa shape index (κ3) is 3.79. The maximum atomic E-state index is 14.0. The average molecular weight is 343 g/mol. The van der Waals surface area contributed by atoms with Gasteiger partial charge in [-0.25, -0.2) is 9.37 Å². The molecule has 0 bridgehead atoms. The minimum Gasteiger partial charge on any atom is -0.391 e. The summed E-state index contributed by atoms with van der Waals surface area (Å²) in [6.07, 6.45) is 0.926. The number of nitrogens with zero attached hydrogens (tertiary/aromatic N) is 2. The van der Waals surface area contributed by atoms with E-state index in [1.165, 1.54) is 6.07 Å². The highest BCUT2D eigenvalue weighted by atomic mass is 19.1. The minimum atomic E-state index is -0.676. The van der Waals surface area contributed by atoms with Gasteiger partial charge in [-0.15, -0.1) is 0 Å². The topological polar surface area (TPSA) is 65.5 Å². The lowest BCUT2D eigenvalue weighted by atomic mass is 9.92. The van der Waals surface area contributed by atoms with Gasteiger partial charge in [0.05, 0.1) is 12.1 Å². The molecule has 0 aliphatic carbocycles. The largest absolute Gasteiger partial charge is 0.391 e. The molecule has 1 aliphatic rings. The Bertz CT molecular complexity index is 753. The number of benzene rings is 1. The molecule has 2 heterocycles. The van der Waals surface area contributed by atoms with Crippen molar-refractivity contribution in [3.05, 3.63) is 59.5 Å². The summed E-state index contributed by atoms with van der Waals surface area (Å²) in [5.41, 5.74) is 0.822. The van der Waals surface area contributed by atoms with Crippen LogP contribution < -0.4 is 5.32 Å². The van der Waals surface area contributed by atoms with Crippen molar-refractivity contribution < 1.29 is 14.3 Å². The molecule has 132 valence electrons. The Morgan fingerprint density at radius 1 is 1.32 bits per heavy atom. The second-order valence-corrected chi connectivity index (χ2v) is 6.23. The number of piperidine rings is 1. The number of aromatic nitrogens is 1. The van der Waals surface area contributed by atoms with Gasteiger partial charge in [-0.1, -0.05) is 24.3 Å². The van der Waals surface area contributed by atoms with E-state index in [0.717, 1.165) is 0 Å². The Kier molecular flexibility index (Phi) is 5.28. The second-order valence-electron chi connectivity index (χ2n) is 6.23. The van der Waals surface area contributed by atoms with Gasteiger partial charge >= 0.3 is 0 Å². The van der Waals surface area contributed by atoms with E-state index in [4.69, 9.17) is 0 Å². The summed E-state index contributed by atoms with van der Waals surface area (Å²) >= 11 is 0. The number of hydrogen-bond donors (Lipinski definition) is 2. The van der Waals surface area contributed by atoms with Gasteiger partial charge in [-0.2, -0.15) is 0 Å². The first-order chi connectivity index (χ1) is 12.1. The highest BCUT2D eigenvalue weighted by Gasteiger charge is 2.34. The normalized spacial score (nSPS) is 20.4. The maximum absolute atomic E-state index is 14.0. The quantitative estimate of drug-likeness (QED) is 0.895. The van der Waals surface area contributed by atoms with Crippen molar-refractivity contribution in [2.24, 2.45) is 0 Å². The van der Waals surface area contributed by atoms with Gasteiger partial charge in [0.15, 0.2) is 0 Å². The summed E-state index contributed by atoms with van der Waals surface area (Å²) in [7, 11) is 1.74. The molecule has 0 unspecified atom stereocenters. The molecule has 1 fully saturated rings. The van der Waals surface area contributed by atoms with Crippen molar-refractivity contribution >= 4 is 11.7 Å². The van der Waals surface area contributed by atoms with Gasteiger partial charge in [-0.05, 0) is 43.0 Å².